The van der Waals surface area contributed by atoms with Crippen LogP contribution in [0.25, 0.3) is 0 Å². The molecule has 0 spiro atoms. The van der Waals surface area contributed by atoms with E-state index in [0.717, 1.165) is 6.54 Å². The summed E-state index contributed by atoms with van der Waals surface area (Å²) in [5, 5.41) is 8.22. The summed E-state index contributed by atoms with van der Waals surface area (Å²) in [4.78, 5) is 1.74. The molecule has 38 valence electrons. The fourth-order valence-electron chi connectivity index (χ4n) is 0.522. The maximum Gasteiger partial charge on any atom is 0.179 e. The molecule has 1 saturated heterocycles. The third-order valence-electron chi connectivity index (χ3n) is 1.29. The minimum absolute atomic E-state index is 0.189. The molecule has 1 fully saturated rings. The zero-order chi connectivity index (χ0) is 5.49. The Morgan fingerprint density at radius 3 is 2.14 bits per heavy atom. The van der Waals surface area contributed by atoms with Gasteiger partial charge in [-0.05, 0) is 13.8 Å². The van der Waals surface area contributed by atoms with Gasteiger partial charge in [-0.15, -0.1) is 0 Å². The first-order valence-electron chi connectivity index (χ1n) is 2.34. The van der Waals surface area contributed by atoms with Gasteiger partial charge in [-0.2, -0.15) is 5.26 Å². The quantitative estimate of drug-likeness (QED) is 0.325. The van der Waals surface area contributed by atoms with E-state index in [9.17, 15) is 0 Å². The lowest BCUT2D eigenvalue weighted by molar-refractivity contribution is 0.590. The van der Waals surface area contributed by atoms with Crippen LogP contribution in [0, 0.1) is 11.5 Å². The van der Waals surface area contributed by atoms with E-state index < -0.39 is 0 Å². The average molecular weight is 96.1 g/mol. The molecule has 0 bridgehead atoms. The van der Waals surface area contributed by atoms with Crippen molar-refractivity contribution >= 4 is 0 Å². The maximum atomic E-state index is 8.22. The molecule has 0 amide bonds. The van der Waals surface area contributed by atoms with Gasteiger partial charge in [0.05, 0.1) is 12.1 Å². The average Bonchev–Trinajstić information content (AvgIpc) is 2.13. The molecule has 7 heavy (non-hydrogen) atoms. The second kappa shape index (κ2) is 0.919. The summed E-state index contributed by atoms with van der Waals surface area (Å²) in [5.41, 5.74) is 0.189. The largest absolute Gasteiger partial charge is 0.301 e. The van der Waals surface area contributed by atoms with E-state index >= 15 is 0 Å². The molecule has 0 aromatic heterocycles. The molecule has 1 rings (SSSR count). The second-order valence-corrected chi connectivity index (χ2v) is 2.50. The lowest BCUT2D eigenvalue weighted by atomic mass is 10.2. The van der Waals surface area contributed by atoms with Crippen molar-refractivity contribution in [1.82, 2.24) is 4.90 Å². The van der Waals surface area contributed by atoms with Crippen molar-refractivity contribution in [3.63, 3.8) is 0 Å². The van der Waals surface area contributed by atoms with Gasteiger partial charge in [0.15, 0.2) is 6.19 Å². The molecule has 0 aromatic rings. The lowest BCUT2D eigenvalue weighted by Crippen LogP contribution is -2.01. The molecule has 2 heteroatoms. The summed E-state index contributed by atoms with van der Waals surface area (Å²) in [6.07, 6.45) is 2.06. The monoisotopic (exact) mass is 96.1 g/mol. The molecule has 1 aliphatic heterocycles. The Balaban J connectivity index is 2.49. The summed E-state index contributed by atoms with van der Waals surface area (Å²) >= 11 is 0. The highest BCUT2D eigenvalue weighted by molar-refractivity contribution is 5.06. The highest BCUT2D eigenvalue weighted by Gasteiger charge is 2.42. The van der Waals surface area contributed by atoms with Crippen LogP contribution in [0.5, 0.6) is 0 Å². The molecule has 0 N–H and O–H groups in total. The second-order valence-electron chi connectivity index (χ2n) is 2.50. The van der Waals surface area contributed by atoms with E-state index in [1.54, 1.807) is 4.90 Å². The third-order valence-corrected chi connectivity index (χ3v) is 1.29. The molecule has 2 nitrogen and oxygen atoms in total. The van der Waals surface area contributed by atoms with Crippen molar-refractivity contribution in [1.29, 1.82) is 5.26 Å². The van der Waals surface area contributed by atoms with Gasteiger partial charge in [-0.3, -0.25) is 0 Å². The van der Waals surface area contributed by atoms with E-state index in [1.165, 1.54) is 0 Å². The molecule has 0 aliphatic carbocycles. The van der Waals surface area contributed by atoms with Gasteiger partial charge in [-0.1, -0.05) is 0 Å². The van der Waals surface area contributed by atoms with Crippen molar-refractivity contribution < 1.29 is 0 Å². The highest BCUT2D eigenvalue weighted by atomic mass is 15.3. The first kappa shape index (κ1) is 4.45. The van der Waals surface area contributed by atoms with Crippen molar-refractivity contribution in [2.24, 2.45) is 0 Å². The van der Waals surface area contributed by atoms with Crippen LogP contribution in [0.15, 0.2) is 0 Å². The molecule has 0 atom stereocenters. The van der Waals surface area contributed by atoms with E-state index in [2.05, 4.69) is 20.0 Å². The van der Waals surface area contributed by atoms with Crippen LogP contribution < -0.4 is 0 Å². The van der Waals surface area contributed by atoms with Gasteiger partial charge in [0.2, 0.25) is 0 Å². The minimum Gasteiger partial charge on any atom is -0.301 e. The van der Waals surface area contributed by atoms with Gasteiger partial charge >= 0.3 is 0 Å². The molecular weight excluding hydrogens is 88.1 g/mol. The van der Waals surface area contributed by atoms with Crippen molar-refractivity contribution in [3.8, 4) is 6.19 Å². The molecule has 1 aliphatic rings. The number of rotatable bonds is 0. The summed E-state index contributed by atoms with van der Waals surface area (Å²) < 4.78 is 0. The molecule has 0 unspecified atom stereocenters. The van der Waals surface area contributed by atoms with Gasteiger partial charge in [0.1, 0.15) is 0 Å². The molecular formula is C5H8N2. The Bertz CT molecular complexity index is 121. The zero-order valence-electron chi connectivity index (χ0n) is 4.60. The maximum absolute atomic E-state index is 8.22. The van der Waals surface area contributed by atoms with Crippen LogP contribution in [-0.2, 0) is 0 Å². The lowest BCUT2D eigenvalue weighted by Gasteiger charge is -1.92. The van der Waals surface area contributed by atoms with Crippen LogP contribution >= 0.6 is 0 Å². The summed E-state index contributed by atoms with van der Waals surface area (Å²) in [5.74, 6) is 0. The Hall–Kier alpha value is -0.710. The standard InChI is InChI=1S/C5H8N2/c1-5(2)3-7(5)4-6/h3H2,1-2H3. The van der Waals surface area contributed by atoms with Crippen molar-refractivity contribution in [3.05, 3.63) is 0 Å². The fraction of sp³-hybridized carbons (Fsp3) is 0.800. The van der Waals surface area contributed by atoms with Gasteiger partial charge < -0.3 is 4.90 Å². The van der Waals surface area contributed by atoms with E-state index in [0.29, 0.717) is 0 Å². The highest BCUT2D eigenvalue weighted by Crippen LogP contribution is 2.28. The zero-order valence-corrected chi connectivity index (χ0v) is 4.60. The van der Waals surface area contributed by atoms with Crippen LogP contribution in [0.3, 0.4) is 0 Å². The van der Waals surface area contributed by atoms with Crippen LogP contribution in [0.4, 0.5) is 0 Å². The first-order chi connectivity index (χ1) is 3.17. The SMILES string of the molecule is CC1(C)CN1C#N. The van der Waals surface area contributed by atoms with Crippen LogP contribution in [0.2, 0.25) is 0 Å². The van der Waals surface area contributed by atoms with E-state index in [4.69, 9.17) is 5.26 Å². The van der Waals surface area contributed by atoms with Crippen molar-refractivity contribution in [2.45, 2.75) is 19.4 Å². The Morgan fingerprint density at radius 2 is 2.14 bits per heavy atom. The van der Waals surface area contributed by atoms with Crippen molar-refractivity contribution in [2.75, 3.05) is 6.54 Å². The number of hydrogen-bond donors (Lipinski definition) is 0. The minimum atomic E-state index is 0.189. The molecule has 0 radical (unpaired) electrons. The summed E-state index contributed by atoms with van der Waals surface area (Å²) in [7, 11) is 0. The van der Waals surface area contributed by atoms with Crippen LogP contribution in [0.1, 0.15) is 13.8 Å². The molecule has 0 saturated carbocycles. The molecule has 1 heterocycles. The third kappa shape index (κ3) is 0.541. The number of hydrogen-bond acceptors (Lipinski definition) is 2. The summed E-state index contributed by atoms with van der Waals surface area (Å²) in [6.45, 7) is 5.04. The molecule has 0 aromatic carbocycles. The van der Waals surface area contributed by atoms with Gasteiger partial charge in [0, 0.05) is 0 Å². The normalized spacial score (nSPS) is 23.9. The van der Waals surface area contributed by atoms with Gasteiger partial charge in [0.25, 0.3) is 0 Å². The Morgan fingerprint density at radius 1 is 1.71 bits per heavy atom. The van der Waals surface area contributed by atoms with E-state index in [1.807, 2.05) is 0 Å². The van der Waals surface area contributed by atoms with Crippen LogP contribution in [-0.4, -0.2) is 17.0 Å². The predicted octanol–water partition coefficient (Wildman–Crippen LogP) is 0.562. The number of nitrogens with zero attached hydrogens (tertiary/aromatic N) is 2. The summed E-state index contributed by atoms with van der Waals surface area (Å²) in [6, 6.07) is 0. The van der Waals surface area contributed by atoms with Gasteiger partial charge in [-0.25, -0.2) is 0 Å². The number of nitriles is 1. The Labute approximate surface area is 43.3 Å². The van der Waals surface area contributed by atoms with E-state index in [-0.39, 0.29) is 5.54 Å². The predicted molar refractivity (Wildman–Crippen MR) is 26.4 cm³/mol. The smallest absolute Gasteiger partial charge is 0.179 e. The Kier molecular flexibility index (Phi) is 0.584. The first-order valence-corrected chi connectivity index (χ1v) is 2.34. The fourth-order valence-corrected chi connectivity index (χ4v) is 0.522. The topological polar surface area (TPSA) is 26.8 Å².